The summed E-state index contributed by atoms with van der Waals surface area (Å²) in [7, 11) is 0. The van der Waals surface area contributed by atoms with Gasteiger partial charge in [-0.1, -0.05) is 0 Å². The molecule has 0 amide bonds. The standard InChI is InChI=1S/C8H7Br3N6O2/c9-2-1-3(10)6(17(18)19)4(11)5(2)15-8(14)16-7(12)13/h1H,(H6,12,13,14,15,16). The third-order valence-corrected chi connectivity index (χ3v) is 3.73. The highest BCUT2D eigenvalue weighted by Crippen LogP contribution is 2.44. The van der Waals surface area contributed by atoms with Crippen LogP contribution in [-0.4, -0.2) is 16.8 Å². The Labute approximate surface area is 132 Å². The number of rotatable bonds is 2. The monoisotopic (exact) mass is 456 g/mol. The molecule has 1 rings (SSSR count). The summed E-state index contributed by atoms with van der Waals surface area (Å²) < 4.78 is 0.911. The Morgan fingerprint density at radius 1 is 1.21 bits per heavy atom. The van der Waals surface area contributed by atoms with Gasteiger partial charge in [0.05, 0.1) is 9.40 Å². The Bertz CT molecular complexity index is 597. The van der Waals surface area contributed by atoms with Crippen LogP contribution in [0.15, 0.2) is 29.5 Å². The lowest BCUT2D eigenvalue weighted by Gasteiger charge is -2.05. The fourth-order valence-electron chi connectivity index (χ4n) is 1.11. The van der Waals surface area contributed by atoms with Crippen molar-refractivity contribution in [3.63, 3.8) is 0 Å². The molecule has 0 aliphatic carbocycles. The fraction of sp³-hybridized carbons (Fsp3) is 0. The molecule has 0 saturated heterocycles. The fourth-order valence-corrected chi connectivity index (χ4v) is 3.70. The predicted octanol–water partition coefficient (Wildman–Crippen LogP) is 2.10. The van der Waals surface area contributed by atoms with Crippen LogP contribution in [0.1, 0.15) is 0 Å². The van der Waals surface area contributed by atoms with Gasteiger partial charge in [0, 0.05) is 4.47 Å². The van der Waals surface area contributed by atoms with Gasteiger partial charge < -0.3 is 17.2 Å². The Morgan fingerprint density at radius 2 is 1.79 bits per heavy atom. The molecular formula is C8H7Br3N6O2. The second-order valence-electron chi connectivity index (χ2n) is 3.12. The quantitative estimate of drug-likeness (QED) is 0.269. The number of hydrogen-bond acceptors (Lipinski definition) is 3. The van der Waals surface area contributed by atoms with E-state index in [2.05, 4.69) is 57.8 Å². The highest BCUT2D eigenvalue weighted by atomic mass is 79.9. The van der Waals surface area contributed by atoms with Gasteiger partial charge in [0.25, 0.3) is 5.69 Å². The minimum absolute atomic E-state index is 0.146. The lowest BCUT2D eigenvalue weighted by molar-refractivity contribution is -0.386. The average molecular weight is 459 g/mol. The number of guanidine groups is 2. The molecule has 0 spiro atoms. The molecule has 0 atom stereocenters. The van der Waals surface area contributed by atoms with E-state index >= 15 is 0 Å². The van der Waals surface area contributed by atoms with E-state index in [1.165, 1.54) is 6.07 Å². The van der Waals surface area contributed by atoms with E-state index in [0.29, 0.717) is 4.47 Å². The summed E-state index contributed by atoms with van der Waals surface area (Å²) in [6.45, 7) is 0. The van der Waals surface area contributed by atoms with Crippen LogP contribution in [0, 0.1) is 10.1 Å². The number of nitro benzene ring substituents is 1. The topological polar surface area (TPSA) is 146 Å². The second-order valence-corrected chi connectivity index (χ2v) is 5.62. The lowest BCUT2D eigenvalue weighted by atomic mass is 10.3. The summed E-state index contributed by atoms with van der Waals surface area (Å²) in [4.78, 5) is 17.8. The molecule has 0 heterocycles. The molecule has 1 aromatic rings. The zero-order valence-corrected chi connectivity index (χ0v) is 13.9. The average Bonchev–Trinajstić information content (AvgIpc) is 2.22. The highest BCUT2D eigenvalue weighted by molar-refractivity contribution is 9.11. The molecule has 0 bridgehead atoms. The lowest BCUT2D eigenvalue weighted by Crippen LogP contribution is -2.26. The zero-order chi connectivity index (χ0) is 14.7. The van der Waals surface area contributed by atoms with Gasteiger partial charge in [0.2, 0.25) is 5.96 Å². The van der Waals surface area contributed by atoms with E-state index in [-0.39, 0.29) is 32.2 Å². The smallest absolute Gasteiger partial charge is 0.299 e. The van der Waals surface area contributed by atoms with Crippen molar-refractivity contribution in [1.82, 2.24) is 0 Å². The molecule has 0 aliphatic rings. The highest BCUT2D eigenvalue weighted by Gasteiger charge is 2.23. The molecule has 0 aromatic heterocycles. The van der Waals surface area contributed by atoms with Crippen LogP contribution >= 0.6 is 47.8 Å². The molecule has 19 heavy (non-hydrogen) atoms. The number of halogens is 3. The summed E-state index contributed by atoms with van der Waals surface area (Å²) in [5, 5.41) is 11.0. The molecule has 11 heteroatoms. The molecule has 0 saturated carbocycles. The van der Waals surface area contributed by atoms with Crippen molar-refractivity contribution in [3.8, 4) is 0 Å². The molecule has 0 radical (unpaired) electrons. The van der Waals surface area contributed by atoms with Gasteiger partial charge in [0.1, 0.15) is 10.2 Å². The van der Waals surface area contributed by atoms with Crippen molar-refractivity contribution in [2.75, 3.05) is 0 Å². The predicted molar refractivity (Wildman–Crippen MR) is 83.3 cm³/mol. The van der Waals surface area contributed by atoms with Crippen molar-refractivity contribution in [2.45, 2.75) is 0 Å². The van der Waals surface area contributed by atoms with Crippen LogP contribution in [0.5, 0.6) is 0 Å². The zero-order valence-electron chi connectivity index (χ0n) is 9.10. The molecular weight excluding hydrogens is 452 g/mol. The minimum atomic E-state index is -0.559. The molecule has 8 nitrogen and oxygen atoms in total. The number of nitrogens with zero attached hydrogens (tertiary/aromatic N) is 3. The van der Waals surface area contributed by atoms with Crippen molar-refractivity contribution in [2.24, 2.45) is 27.2 Å². The van der Waals surface area contributed by atoms with Crippen LogP contribution in [0.3, 0.4) is 0 Å². The molecule has 102 valence electrons. The Hall–Kier alpha value is -1.20. The van der Waals surface area contributed by atoms with Crippen molar-refractivity contribution >= 4 is 71.1 Å². The van der Waals surface area contributed by atoms with Crippen LogP contribution in [-0.2, 0) is 0 Å². The summed E-state index contributed by atoms with van der Waals surface area (Å²) in [6.07, 6.45) is 0. The first-order valence-electron chi connectivity index (χ1n) is 4.49. The van der Waals surface area contributed by atoms with Crippen LogP contribution in [0.4, 0.5) is 11.4 Å². The first-order chi connectivity index (χ1) is 8.73. The molecule has 0 aliphatic heterocycles. The van der Waals surface area contributed by atoms with E-state index in [1.54, 1.807) is 0 Å². The van der Waals surface area contributed by atoms with Crippen LogP contribution in [0.25, 0.3) is 0 Å². The minimum Gasteiger partial charge on any atom is -0.370 e. The van der Waals surface area contributed by atoms with Crippen molar-refractivity contribution in [1.29, 1.82) is 0 Å². The van der Waals surface area contributed by atoms with Gasteiger partial charge in [0.15, 0.2) is 5.96 Å². The third-order valence-electron chi connectivity index (χ3n) is 1.77. The van der Waals surface area contributed by atoms with Crippen molar-refractivity contribution < 1.29 is 4.92 Å². The van der Waals surface area contributed by atoms with Gasteiger partial charge in [-0.2, -0.15) is 4.99 Å². The number of hydrogen-bond donors (Lipinski definition) is 3. The van der Waals surface area contributed by atoms with Gasteiger partial charge in [-0.3, -0.25) is 10.1 Å². The van der Waals surface area contributed by atoms with Crippen LogP contribution in [0.2, 0.25) is 0 Å². The maximum absolute atomic E-state index is 11.0. The summed E-state index contributed by atoms with van der Waals surface area (Å²) in [5.41, 5.74) is 15.8. The maximum atomic E-state index is 11.0. The first-order valence-corrected chi connectivity index (χ1v) is 6.87. The van der Waals surface area contributed by atoms with E-state index < -0.39 is 4.92 Å². The van der Waals surface area contributed by atoms with E-state index in [9.17, 15) is 10.1 Å². The summed E-state index contributed by atoms with van der Waals surface area (Å²) in [5.74, 6) is -0.488. The van der Waals surface area contributed by atoms with Gasteiger partial charge in [-0.05, 0) is 53.9 Å². The normalized spacial score (nSPS) is 11.2. The van der Waals surface area contributed by atoms with Gasteiger partial charge in [-0.25, -0.2) is 4.99 Å². The third kappa shape index (κ3) is 3.88. The largest absolute Gasteiger partial charge is 0.370 e. The van der Waals surface area contributed by atoms with E-state index in [0.717, 1.165) is 0 Å². The summed E-state index contributed by atoms with van der Waals surface area (Å²) in [6, 6.07) is 1.48. The molecule has 6 N–H and O–H groups in total. The Morgan fingerprint density at radius 3 is 2.26 bits per heavy atom. The Kier molecular flexibility index (Phi) is 5.26. The number of nitrogens with two attached hydrogens (primary N) is 3. The first kappa shape index (κ1) is 15.9. The number of nitro groups is 1. The molecule has 0 unspecified atom stereocenters. The molecule has 0 fully saturated rings. The second kappa shape index (κ2) is 6.30. The van der Waals surface area contributed by atoms with Gasteiger partial charge >= 0.3 is 0 Å². The number of benzene rings is 1. The van der Waals surface area contributed by atoms with E-state index in [1.807, 2.05) is 0 Å². The van der Waals surface area contributed by atoms with Crippen LogP contribution < -0.4 is 17.2 Å². The Balaban J connectivity index is 3.49. The van der Waals surface area contributed by atoms with Crippen molar-refractivity contribution in [3.05, 3.63) is 29.6 Å². The van der Waals surface area contributed by atoms with E-state index in [4.69, 9.17) is 17.2 Å². The van der Waals surface area contributed by atoms with Gasteiger partial charge in [-0.15, -0.1) is 0 Å². The number of aliphatic imine (C=N–C) groups is 2. The molecule has 1 aromatic carbocycles. The SMILES string of the molecule is NC(N)=NC(N)=Nc1c(Br)cc(Br)c([N+](=O)[O-])c1Br. The maximum Gasteiger partial charge on any atom is 0.299 e. The summed E-state index contributed by atoms with van der Waals surface area (Å²) >= 11 is 9.41.